The Morgan fingerprint density at radius 2 is 1.83 bits per heavy atom. The standard InChI is InChI=1S/C21H24ClN3O3S/c1-13-10-15(22)12-18-19(13)23-21(29-18)25(9-8-24(2)3)20(26)14-6-7-16(27-4)17(11-14)28-5/h6-7,10-12H,8-9H2,1-5H3. The number of benzene rings is 2. The van der Waals surface area contributed by atoms with E-state index in [2.05, 4.69) is 0 Å². The van der Waals surface area contributed by atoms with Crippen LogP contribution in [0.25, 0.3) is 10.2 Å². The Morgan fingerprint density at radius 1 is 1.10 bits per heavy atom. The average Bonchev–Trinajstić information content (AvgIpc) is 3.11. The summed E-state index contributed by atoms with van der Waals surface area (Å²) >= 11 is 7.66. The van der Waals surface area contributed by atoms with Crippen molar-refractivity contribution in [1.82, 2.24) is 9.88 Å². The SMILES string of the molecule is COc1ccc(C(=O)N(CCN(C)C)c2nc3c(C)cc(Cl)cc3s2)cc1OC. The van der Waals surface area contributed by atoms with Crippen LogP contribution in [-0.4, -0.2) is 57.2 Å². The molecule has 0 aliphatic heterocycles. The third-order valence-electron chi connectivity index (χ3n) is 4.52. The summed E-state index contributed by atoms with van der Waals surface area (Å²) < 4.78 is 11.6. The van der Waals surface area contributed by atoms with Gasteiger partial charge in [-0.1, -0.05) is 22.9 Å². The van der Waals surface area contributed by atoms with E-state index in [-0.39, 0.29) is 5.91 Å². The number of anilines is 1. The minimum absolute atomic E-state index is 0.143. The Bertz CT molecular complexity index is 1040. The lowest BCUT2D eigenvalue weighted by molar-refractivity contribution is 0.0985. The molecule has 0 aliphatic rings. The first kappa shape index (κ1) is 21.4. The van der Waals surface area contributed by atoms with Gasteiger partial charge in [0.05, 0.1) is 24.4 Å². The van der Waals surface area contributed by atoms with Gasteiger partial charge in [0.2, 0.25) is 0 Å². The van der Waals surface area contributed by atoms with E-state index in [0.29, 0.717) is 40.3 Å². The molecule has 3 rings (SSSR count). The maximum Gasteiger partial charge on any atom is 0.260 e. The lowest BCUT2D eigenvalue weighted by Crippen LogP contribution is -2.36. The predicted molar refractivity (Wildman–Crippen MR) is 119 cm³/mol. The van der Waals surface area contributed by atoms with Gasteiger partial charge < -0.3 is 14.4 Å². The summed E-state index contributed by atoms with van der Waals surface area (Å²) in [7, 11) is 7.07. The first-order valence-corrected chi connectivity index (χ1v) is 10.3. The molecule has 1 heterocycles. The van der Waals surface area contributed by atoms with Gasteiger partial charge in [0.25, 0.3) is 5.91 Å². The second kappa shape index (κ2) is 8.98. The van der Waals surface area contributed by atoms with Gasteiger partial charge in [-0.3, -0.25) is 9.69 Å². The van der Waals surface area contributed by atoms with E-state index in [9.17, 15) is 4.79 Å². The molecule has 0 atom stereocenters. The van der Waals surface area contributed by atoms with Crippen molar-refractivity contribution < 1.29 is 14.3 Å². The molecule has 154 valence electrons. The molecule has 1 amide bonds. The van der Waals surface area contributed by atoms with E-state index in [4.69, 9.17) is 26.1 Å². The van der Waals surface area contributed by atoms with E-state index in [1.54, 1.807) is 37.3 Å². The Morgan fingerprint density at radius 3 is 2.48 bits per heavy atom. The number of thiazole rings is 1. The number of hydrogen-bond donors (Lipinski definition) is 0. The van der Waals surface area contributed by atoms with Gasteiger partial charge in [-0.25, -0.2) is 4.98 Å². The van der Waals surface area contributed by atoms with Crippen molar-refractivity contribution in [2.75, 3.05) is 46.3 Å². The molecule has 8 heteroatoms. The van der Waals surface area contributed by atoms with E-state index in [1.807, 2.05) is 38.1 Å². The van der Waals surface area contributed by atoms with Crippen LogP contribution in [0.1, 0.15) is 15.9 Å². The number of likely N-dealkylation sites (N-methyl/N-ethyl adjacent to an activating group) is 1. The lowest BCUT2D eigenvalue weighted by atomic mass is 10.1. The minimum atomic E-state index is -0.143. The molecule has 2 aromatic carbocycles. The molecule has 0 radical (unpaired) electrons. The quantitative estimate of drug-likeness (QED) is 0.549. The summed E-state index contributed by atoms with van der Waals surface area (Å²) in [5.74, 6) is 0.947. The smallest absolute Gasteiger partial charge is 0.260 e. The van der Waals surface area contributed by atoms with Crippen molar-refractivity contribution in [3.8, 4) is 11.5 Å². The molecule has 0 saturated carbocycles. The van der Waals surface area contributed by atoms with Gasteiger partial charge in [-0.2, -0.15) is 0 Å². The molecule has 29 heavy (non-hydrogen) atoms. The highest BCUT2D eigenvalue weighted by molar-refractivity contribution is 7.22. The number of rotatable bonds is 7. The van der Waals surface area contributed by atoms with Gasteiger partial charge in [-0.15, -0.1) is 0 Å². The molecule has 0 bridgehead atoms. The fourth-order valence-electron chi connectivity index (χ4n) is 2.97. The van der Waals surface area contributed by atoms with Gasteiger partial charge in [-0.05, 0) is 56.9 Å². The topological polar surface area (TPSA) is 54.9 Å². The van der Waals surface area contributed by atoms with Gasteiger partial charge in [0, 0.05) is 23.7 Å². The van der Waals surface area contributed by atoms with Crippen LogP contribution in [0.15, 0.2) is 30.3 Å². The number of hydrogen-bond acceptors (Lipinski definition) is 6. The summed E-state index contributed by atoms with van der Waals surface area (Å²) in [5.41, 5.74) is 2.36. The fourth-order valence-corrected chi connectivity index (χ4v) is 4.41. The van der Waals surface area contributed by atoms with Crippen molar-refractivity contribution in [2.24, 2.45) is 0 Å². The Kier molecular flexibility index (Phi) is 6.62. The van der Waals surface area contributed by atoms with E-state index in [1.165, 1.54) is 11.3 Å². The molecular formula is C21H24ClN3O3S. The zero-order valence-electron chi connectivity index (χ0n) is 17.2. The molecular weight excluding hydrogens is 410 g/mol. The van der Waals surface area contributed by atoms with Gasteiger partial charge in [0.15, 0.2) is 16.6 Å². The van der Waals surface area contributed by atoms with Crippen LogP contribution in [0.2, 0.25) is 5.02 Å². The maximum absolute atomic E-state index is 13.4. The van der Waals surface area contributed by atoms with Crippen LogP contribution in [0.3, 0.4) is 0 Å². The summed E-state index contributed by atoms with van der Waals surface area (Å²) in [5, 5.41) is 1.31. The van der Waals surface area contributed by atoms with Crippen LogP contribution in [0, 0.1) is 6.92 Å². The maximum atomic E-state index is 13.4. The molecule has 3 aromatic rings. The number of halogens is 1. The zero-order chi connectivity index (χ0) is 21.1. The largest absolute Gasteiger partial charge is 0.493 e. The van der Waals surface area contributed by atoms with Gasteiger partial charge >= 0.3 is 0 Å². The Balaban J connectivity index is 2.03. The molecule has 1 aromatic heterocycles. The summed E-state index contributed by atoms with van der Waals surface area (Å²) in [6.45, 7) is 3.18. The number of nitrogens with zero attached hydrogens (tertiary/aromatic N) is 3. The highest BCUT2D eigenvalue weighted by atomic mass is 35.5. The minimum Gasteiger partial charge on any atom is -0.493 e. The third-order valence-corrected chi connectivity index (χ3v) is 5.76. The van der Waals surface area contributed by atoms with Crippen LogP contribution in [0.4, 0.5) is 5.13 Å². The van der Waals surface area contributed by atoms with Crippen LogP contribution in [0.5, 0.6) is 11.5 Å². The number of aryl methyl sites for hydroxylation is 1. The monoisotopic (exact) mass is 433 g/mol. The Labute approximate surface area is 179 Å². The number of carbonyl (C=O) groups is 1. The molecule has 0 fully saturated rings. The molecule has 0 N–H and O–H groups in total. The van der Waals surface area contributed by atoms with Crippen molar-refractivity contribution in [3.63, 3.8) is 0 Å². The third kappa shape index (κ3) is 4.63. The first-order valence-electron chi connectivity index (χ1n) is 9.09. The summed E-state index contributed by atoms with van der Waals surface area (Å²) in [6, 6.07) is 8.93. The van der Waals surface area contributed by atoms with Gasteiger partial charge in [0.1, 0.15) is 0 Å². The molecule has 0 saturated heterocycles. The fraction of sp³-hybridized carbons (Fsp3) is 0.333. The number of fused-ring (bicyclic) bond motifs is 1. The summed E-state index contributed by atoms with van der Waals surface area (Å²) in [4.78, 5) is 21.9. The second-order valence-corrected chi connectivity index (χ2v) is 8.34. The van der Waals surface area contributed by atoms with E-state index in [0.717, 1.165) is 15.8 Å². The second-order valence-electron chi connectivity index (χ2n) is 6.90. The highest BCUT2D eigenvalue weighted by Gasteiger charge is 2.23. The normalized spacial score (nSPS) is 11.1. The summed E-state index contributed by atoms with van der Waals surface area (Å²) in [6.07, 6.45) is 0. The molecule has 0 unspecified atom stereocenters. The van der Waals surface area contributed by atoms with Crippen molar-refractivity contribution in [2.45, 2.75) is 6.92 Å². The predicted octanol–water partition coefficient (Wildman–Crippen LogP) is 4.48. The Hall–Kier alpha value is -2.35. The lowest BCUT2D eigenvalue weighted by Gasteiger charge is -2.22. The van der Waals surface area contributed by atoms with E-state index < -0.39 is 0 Å². The first-order chi connectivity index (χ1) is 13.8. The molecule has 6 nitrogen and oxygen atoms in total. The average molecular weight is 434 g/mol. The number of methoxy groups -OCH3 is 2. The van der Waals surface area contributed by atoms with E-state index >= 15 is 0 Å². The van der Waals surface area contributed by atoms with Crippen LogP contribution in [-0.2, 0) is 0 Å². The van der Waals surface area contributed by atoms with Crippen molar-refractivity contribution in [1.29, 1.82) is 0 Å². The number of ether oxygens (including phenoxy) is 2. The molecule has 0 aliphatic carbocycles. The molecule has 0 spiro atoms. The van der Waals surface area contributed by atoms with Crippen LogP contribution < -0.4 is 14.4 Å². The highest BCUT2D eigenvalue weighted by Crippen LogP contribution is 2.34. The van der Waals surface area contributed by atoms with Crippen LogP contribution >= 0.6 is 22.9 Å². The number of carbonyl (C=O) groups excluding carboxylic acids is 1. The number of aromatic nitrogens is 1. The van der Waals surface area contributed by atoms with Crippen molar-refractivity contribution >= 4 is 44.2 Å². The zero-order valence-corrected chi connectivity index (χ0v) is 18.7. The number of amides is 1. The van der Waals surface area contributed by atoms with Crippen molar-refractivity contribution in [3.05, 3.63) is 46.5 Å².